The number of aromatic nitrogens is 2. The van der Waals surface area contributed by atoms with Crippen LogP contribution in [0.4, 0.5) is 5.69 Å². The number of hydrogen-bond acceptors (Lipinski definition) is 5. The van der Waals surface area contributed by atoms with Crippen LogP contribution < -0.4 is 16.4 Å². The summed E-state index contributed by atoms with van der Waals surface area (Å²) in [6.45, 7) is 1.54. The second kappa shape index (κ2) is 8.84. The van der Waals surface area contributed by atoms with Gasteiger partial charge in [-0.3, -0.25) is 14.3 Å². The largest absolute Gasteiger partial charge is 0.353 e. The third-order valence-electron chi connectivity index (χ3n) is 5.87. The van der Waals surface area contributed by atoms with Crippen LogP contribution >= 0.6 is 0 Å². The lowest BCUT2D eigenvalue weighted by Crippen LogP contribution is -2.48. The van der Waals surface area contributed by atoms with Crippen molar-refractivity contribution in [1.82, 2.24) is 20.0 Å². The summed E-state index contributed by atoms with van der Waals surface area (Å²) in [5.74, 6) is 0.933. The summed E-state index contributed by atoms with van der Waals surface area (Å²) in [6, 6.07) is 0.261. The van der Waals surface area contributed by atoms with E-state index in [1.165, 1.54) is 6.42 Å². The molecule has 2 aliphatic carbocycles. The normalized spacial score (nSPS) is 27.4. The van der Waals surface area contributed by atoms with Gasteiger partial charge in [-0.05, 0) is 51.6 Å². The molecule has 1 aromatic rings. The maximum absolute atomic E-state index is 12.7. The molecule has 2 atom stereocenters. The van der Waals surface area contributed by atoms with Crippen LogP contribution in [0.5, 0.6) is 0 Å². The molecule has 4 N–H and O–H groups in total. The Balaban J connectivity index is 1.47. The summed E-state index contributed by atoms with van der Waals surface area (Å²) in [5.41, 5.74) is 6.95. The number of carbonyl (C=O) groups excluding carboxylic acids is 2. The molecule has 0 aromatic carbocycles. The number of likely N-dealkylation sites (N-methyl/N-ethyl adjacent to an activating group) is 1. The summed E-state index contributed by atoms with van der Waals surface area (Å²) in [5, 5.41) is 9.99. The maximum atomic E-state index is 12.7. The highest BCUT2D eigenvalue weighted by Crippen LogP contribution is 2.42. The number of rotatable bonds is 7. The Kier molecular flexibility index (Phi) is 6.49. The average Bonchev–Trinajstić information content (AvgIpc) is 3.00. The summed E-state index contributed by atoms with van der Waals surface area (Å²) in [7, 11) is 3.92. The Morgan fingerprint density at radius 2 is 2.00 bits per heavy atom. The molecule has 1 heterocycles. The van der Waals surface area contributed by atoms with Crippen molar-refractivity contribution in [2.45, 2.75) is 44.7 Å². The Morgan fingerprint density at radius 3 is 2.67 bits per heavy atom. The second-order valence-electron chi connectivity index (χ2n) is 8.27. The van der Waals surface area contributed by atoms with Gasteiger partial charge in [-0.1, -0.05) is 6.42 Å². The third-order valence-corrected chi connectivity index (χ3v) is 5.87. The number of hydrogen-bond donors (Lipinski definition) is 3. The van der Waals surface area contributed by atoms with Gasteiger partial charge in [0.2, 0.25) is 11.8 Å². The number of nitrogens with one attached hydrogen (secondary N) is 2. The van der Waals surface area contributed by atoms with Gasteiger partial charge in [-0.15, -0.1) is 0 Å². The van der Waals surface area contributed by atoms with Crippen molar-refractivity contribution in [2.75, 3.05) is 32.5 Å². The number of nitrogens with zero attached hydrogens (tertiary/aromatic N) is 3. The minimum absolute atomic E-state index is 0.0257. The van der Waals surface area contributed by atoms with Gasteiger partial charge in [-0.25, -0.2) is 0 Å². The third kappa shape index (κ3) is 5.29. The molecule has 8 nitrogen and oxygen atoms in total. The number of anilines is 1. The second-order valence-corrected chi connectivity index (χ2v) is 8.27. The summed E-state index contributed by atoms with van der Waals surface area (Å²) in [6.07, 6.45) is 8.59. The summed E-state index contributed by atoms with van der Waals surface area (Å²) >= 11 is 0. The van der Waals surface area contributed by atoms with Crippen molar-refractivity contribution < 1.29 is 9.59 Å². The first kappa shape index (κ1) is 19.8. The standard InChI is InChI=1S/C19H32N6O2/c1-24(2)7-6-21-17(26)12-25-11-16(10-22-25)23-19(27)15-8-13-4-3-5-14(9-15)18(13)20/h10-11,13-15,18H,3-9,12,20H2,1-2H3,(H,21,26)(H,23,27). The van der Waals surface area contributed by atoms with E-state index in [0.717, 1.165) is 32.2 Å². The van der Waals surface area contributed by atoms with Crippen LogP contribution in [0, 0.1) is 17.8 Å². The molecule has 150 valence electrons. The molecule has 0 radical (unpaired) electrons. The molecule has 2 bridgehead atoms. The number of fused-ring (bicyclic) bond motifs is 2. The molecular formula is C19H32N6O2. The molecule has 3 rings (SSSR count). The van der Waals surface area contributed by atoms with Crippen molar-refractivity contribution >= 4 is 17.5 Å². The predicted octanol–water partition coefficient (Wildman–Crippen LogP) is 0.653. The maximum Gasteiger partial charge on any atom is 0.241 e. The lowest BCUT2D eigenvalue weighted by molar-refractivity contribution is -0.123. The fourth-order valence-corrected chi connectivity index (χ4v) is 4.38. The highest BCUT2D eigenvalue weighted by Gasteiger charge is 2.40. The van der Waals surface area contributed by atoms with Gasteiger partial charge >= 0.3 is 0 Å². The first-order valence-corrected chi connectivity index (χ1v) is 9.92. The van der Waals surface area contributed by atoms with E-state index in [2.05, 4.69) is 15.7 Å². The highest BCUT2D eigenvalue weighted by molar-refractivity contribution is 5.92. The number of nitrogens with two attached hydrogens (primary N) is 1. The van der Waals surface area contributed by atoms with E-state index in [0.29, 0.717) is 24.1 Å². The van der Waals surface area contributed by atoms with E-state index in [4.69, 9.17) is 5.73 Å². The average molecular weight is 377 g/mol. The van der Waals surface area contributed by atoms with Crippen LogP contribution in [0.25, 0.3) is 0 Å². The zero-order valence-electron chi connectivity index (χ0n) is 16.4. The number of amides is 2. The van der Waals surface area contributed by atoms with Gasteiger partial charge in [-0.2, -0.15) is 5.10 Å². The zero-order valence-corrected chi connectivity index (χ0v) is 16.4. The first-order chi connectivity index (χ1) is 12.9. The van der Waals surface area contributed by atoms with E-state index in [-0.39, 0.29) is 30.3 Å². The Hall–Kier alpha value is -1.93. The summed E-state index contributed by atoms with van der Waals surface area (Å²) in [4.78, 5) is 26.6. The molecule has 0 saturated heterocycles. The molecule has 8 heteroatoms. The lowest BCUT2D eigenvalue weighted by Gasteiger charge is -2.43. The molecule has 2 aliphatic rings. The first-order valence-electron chi connectivity index (χ1n) is 9.92. The SMILES string of the molecule is CN(C)CCNC(=O)Cn1cc(NC(=O)C2CC3CCCC(C2)C3N)cn1. The minimum Gasteiger partial charge on any atom is -0.353 e. The Morgan fingerprint density at radius 1 is 1.30 bits per heavy atom. The van der Waals surface area contributed by atoms with Crippen LogP contribution in [0.2, 0.25) is 0 Å². The molecule has 27 heavy (non-hydrogen) atoms. The van der Waals surface area contributed by atoms with Crippen molar-refractivity contribution in [2.24, 2.45) is 23.5 Å². The van der Waals surface area contributed by atoms with E-state index in [1.807, 2.05) is 19.0 Å². The smallest absolute Gasteiger partial charge is 0.241 e. The number of carbonyl (C=O) groups is 2. The molecule has 1 aromatic heterocycles. The quantitative estimate of drug-likeness (QED) is 0.648. The van der Waals surface area contributed by atoms with Gasteiger partial charge < -0.3 is 21.3 Å². The van der Waals surface area contributed by atoms with Gasteiger partial charge in [0.1, 0.15) is 6.54 Å². The minimum atomic E-state index is -0.0908. The van der Waals surface area contributed by atoms with Gasteiger partial charge in [0.25, 0.3) is 0 Å². The molecule has 0 aliphatic heterocycles. The lowest BCUT2D eigenvalue weighted by atomic mass is 9.65. The van der Waals surface area contributed by atoms with Crippen LogP contribution in [0.1, 0.15) is 32.1 Å². The van der Waals surface area contributed by atoms with Crippen LogP contribution in [-0.2, 0) is 16.1 Å². The predicted molar refractivity (Wildman–Crippen MR) is 104 cm³/mol. The van der Waals surface area contributed by atoms with Crippen molar-refractivity contribution in [1.29, 1.82) is 0 Å². The fraction of sp³-hybridized carbons (Fsp3) is 0.737. The highest BCUT2D eigenvalue weighted by atomic mass is 16.2. The zero-order chi connectivity index (χ0) is 19.4. The van der Waals surface area contributed by atoms with Gasteiger partial charge in [0, 0.05) is 31.2 Å². The van der Waals surface area contributed by atoms with E-state index >= 15 is 0 Å². The van der Waals surface area contributed by atoms with Crippen molar-refractivity contribution in [3.8, 4) is 0 Å². The van der Waals surface area contributed by atoms with E-state index in [1.54, 1.807) is 17.1 Å². The molecule has 2 fully saturated rings. The Bertz CT molecular complexity index is 644. The van der Waals surface area contributed by atoms with Crippen molar-refractivity contribution in [3.63, 3.8) is 0 Å². The van der Waals surface area contributed by atoms with Crippen LogP contribution in [0.15, 0.2) is 12.4 Å². The fourth-order valence-electron chi connectivity index (χ4n) is 4.38. The van der Waals surface area contributed by atoms with Crippen LogP contribution in [0.3, 0.4) is 0 Å². The molecule has 2 saturated carbocycles. The molecule has 0 spiro atoms. The van der Waals surface area contributed by atoms with Crippen LogP contribution in [-0.4, -0.2) is 59.7 Å². The molecule has 2 unspecified atom stereocenters. The Labute approximate surface area is 160 Å². The van der Waals surface area contributed by atoms with E-state index in [9.17, 15) is 9.59 Å². The molecular weight excluding hydrogens is 344 g/mol. The topological polar surface area (TPSA) is 105 Å². The van der Waals surface area contributed by atoms with Gasteiger partial charge in [0.05, 0.1) is 11.9 Å². The van der Waals surface area contributed by atoms with Gasteiger partial charge in [0.15, 0.2) is 0 Å². The van der Waals surface area contributed by atoms with E-state index < -0.39 is 0 Å². The monoisotopic (exact) mass is 376 g/mol. The van der Waals surface area contributed by atoms with Crippen molar-refractivity contribution in [3.05, 3.63) is 12.4 Å². The molecule has 2 amide bonds. The summed E-state index contributed by atoms with van der Waals surface area (Å²) < 4.78 is 1.55.